The lowest BCUT2D eigenvalue weighted by Crippen LogP contribution is -2.33. The van der Waals surface area contributed by atoms with Crippen molar-refractivity contribution < 1.29 is 14.0 Å². The molecule has 2 rings (SSSR count). The summed E-state index contributed by atoms with van der Waals surface area (Å²) in [5.41, 5.74) is 1.81. The number of rotatable bonds is 0. The van der Waals surface area contributed by atoms with Gasteiger partial charge in [-0.05, 0) is 64.1 Å². The van der Waals surface area contributed by atoms with Gasteiger partial charge >= 0.3 is 0 Å². The first kappa shape index (κ1) is 7.99. The normalized spacial score (nSPS) is 21.4. The van der Waals surface area contributed by atoms with Crippen LogP contribution in [-0.2, 0) is 6.42 Å². The third kappa shape index (κ3) is 1.57. The fourth-order valence-corrected chi connectivity index (χ4v) is 2.21. The van der Waals surface area contributed by atoms with E-state index >= 15 is 0 Å². The molecule has 16 heavy (non-hydrogen) atoms. The van der Waals surface area contributed by atoms with E-state index in [0.717, 1.165) is 18.4 Å². The van der Waals surface area contributed by atoms with Gasteiger partial charge in [0.2, 0.25) is 0 Å². The van der Waals surface area contributed by atoms with Crippen molar-refractivity contribution in [2.45, 2.75) is 53.0 Å². The number of aromatic hydroxyl groups is 1. The molecule has 0 saturated heterocycles. The zero-order valence-electron chi connectivity index (χ0n) is 13.3. The van der Waals surface area contributed by atoms with Crippen molar-refractivity contribution >= 4 is 0 Å². The molecule has 2 nitrogen and oxygen atoms in total. The summed E-state index contributed by atoms with van der Waals surface area (Å²) in [4.78, 5) is 0. The highest BCUT2D eigenvalue weighted by atomic mass is 16.5. The third-order valence-corrected chi connectivity index (χ3v) is 3.39. The molecule has 1 heterocycles. The zero-order valence-corrected chi connectivity index (χ0v) is 10.3. The molecule has 1 aliphatic heterocycles. The fraction of sp³-hybridized carbons (Fsp3) is 0.571. The van der Waals surface area contributed by atoms with Gasteiger partial charge in [0, 0.05) is 9.68 Å². The van der Waals surface area contributed by atoms with Crippen LogP contribution in [0.15, 0.2) is 0 Å². The molecule has 0 fully saturated rings. The number of fused-ring (bicyclic) bond motifs is 1. The van der Waals surface area contributed by atoms with E-state index in [9.17, 15) is 5.11 Å². The maximum absolute atomic E-state index is 10.2. The largest absolute Gasteiger partial charge is 0.507 e. The number of phenols is 1. The first-order valence-corrected chi connectivity index (χ1v) is 5.59. The minimum Gasteiger partial charge on any atom is -0.507 e. The van der Waals surface area contributed by atoms with Crippen molar-refractivity contribution in [3.8, 4) is 11.5 Å². The molecule has 0 aromatic heterocycles. The maximum atomic E-state index is 10.2. The van der Waals surface area contributed by atoms with Crippen molar-refractivity contribution in [2.75, 3.05) is 0 Å². The Morgan fingerprint density at radius 3 is 2.56 bits per heavy atom. The van der Waals surface area contributed by atoms with E-state index in [4.69, 9.17) is 8.85 Å². The molecule has 2 heteroatoms. The Labute approximate surface area is 101 Å². The smallest absolute Gasteiger partial charge is 0.127 e. The van der Waals surface area contributed by atoms with Gasteiger partial charge in [0.25, 0.3) is 0 Å². The second-order valence-electron chi connectivity index (χ2n) is 5.14. The van der Waals surface area contributed by atoms with E-state index in [0.29, 0.717) is 16.9 Å². The van der Waals surface area contributed by atoms with Crippen LogP contribution in [0.1, 0.15) is 46.6 Å². The predicted octanol–water partition coefficient (Wildman–Crippen LogP) is 3.42. The molecule has 0 atom stereocenters. The van der Waals surface area contributed by atoms with Gasteiger partial charge in [0.15, 0.2) is 0 Å². The van der Waals surface area contributed by atoms with Crippen LogP contribution in [0.25, 0.3) is 0 Å². The van der Waals surface area contributed by atoms with Crippen LogP contribution in [0, 0.1) is 20.7 Å². The van der Waals surface area contributed by atoms with Crippen LogP contribution in [0.3, 0.4) is 0 Å². The second kappa shape index (κ2) is 3.41. The van der Waals surface area contributed by atoms with Crippen molar-refractivity contribution in [2.24, 2.45) is 0 Å². The quantitative estimate of drug-likeness (QED) is 0.730. The van der Waals surface area contributed by atoms with Crippen LogP contribution in [-0.4, -0.2) is 10.7 Å². The molecule has 1 aromatic rings. The first-order chi connectivity index (χ1) is 8.54. The van der Waals surface area contributed by atoms with Crippen molar-refractivity contribution in [3.63, 3.8) is 0 Å². The molecule has 0 bridgehead atoms. The molecule has 1 aliphatic rings. The van der Waals surface area contributed by atoms with E-state index < -0.39 is 6.85 Å². The summed E-state index contributed by atoms with van der Waals surface area (Å²) in [6.07, 6.45) is 1.65. The Morgan fingerprint density at radius 2 is 1.94 bits per heavy atom. The molecular formula is C14H20O2. The van der Waals surface area contributed by atoms with E-state index in [1.807, 2.05) is 13.8 Å². The highest BCUT2D eigenvalue weighted by Crippen LogP contribution is 2.42. The topological polar surface area (TPSA) is 29.5 Å². The summed E-state index contributed by atoms with van der Waals surface area (Å²) >= 11 is 0. The van der Waals surface area contributed by atoms with Gasteiger partial charge in [-0.3, -0.25) is 0 Å². The van der Waals surface area contributed by atoms with Gasteiger partial charge in [0.1, 0.15) is 17.1 Å². The molecule has 1 N–H and O–H groups in total. The van der Waals surface area contributed by atoms with Gasteiger partial charge in [-0.2, -0.15) is 0 Å². The Balaban J connectivity index is 2.73. The lowest BCUT2D eigenvalue weighted by atomic mass is 9.88. The minimum atomic E-state index is -2.33. The summed E-state index contributed by atoms with van der Waals surface area (Å²) in [5.74, 6) is 0.525. The minimum absolute atomic E-state index is 0.0152. The second-order valence-corrected chi connectivity index (χ2v) is 5.14. The van der Waals surface area contributed by atoms with Gasteiger partial charge in [-0.1, -0.05) is 0 Å². The SMILES string of the molecule is [2H]C([2H])([2H])c1c(C)c2c(c(C)c1O)CCC(C)(C)O2. The number of hydrogen-bond acceptors (Lipinski definition) is 2. The Kier molecular flexibility index (Phi) is 1.70. The van der Waals surface area contributed by atoms with E-state index in [-0.39, 0.29) is 16.9 Å². The molecule has 0 radical (unpaired) electrons. The van der Waals surface area contributed by atoms with E-state index in [1.165, 1.54) is 0 Å². The Hall–Kier alpha value is -1.18. The van der Waals surface area contributed by atoms with Crippen LogP contribution in [0.5, 0.6) is 11.5 Å². The van der Waals surface area contributed by atoms with Gasteiger partial charge < -0.3 is 9.84 Å². The first-order valence-electron chi connectivity index (χ1n) is 7.09. The molecule has 0 aliphatic carbocycles. The number of ether oxygens (including phenoxy) is 1. The van der Waals surface area contributed by atoms with Gasteiger partial charge in [-0.15, -0.1) is 0 Å². The average molecular weight is 223 g/mol. The molecule has 88 valence electrons. The molecule has 0 unspecified atom stereocenters. The Morgan fingerprint density at radius 1 is 1.25 bits per heavy atom. The summed E-state index contributed by atoms with van der Waals surface area (Å²) in [5, 5.41) is 10.2. The summed E-state index contributed by atoms with van der Waals surface area (Å²) in [6, 6.07) is 0. The molecule has 0 saturated carbocycles. The monoisotopic (exact) mass is 223 g/mol. The lowest BCUT2D eigenvalue weighted by Gasteiger charge is -2.35. The van der Waals surface area contributed by atoms with Crippen LogP contribution >= 0.6 is 0 Å². The number of phenolic OH excluding ortho intramolecular Hbond substituents is 1. The number of benzene rings is 1. The van der Waals surface area contributed by atoms with Crippen LogP contribution < -0.4 is 4.74 Å². The third-order valence-electron chi connectivity index (χ3n) is 3.39. The van der Waals surface area contributed by atoms with Gasteiger partial charge in [0.05, 0.1) is 0 Å². The summed E-state index contributed by atoms with van der Waals surface area (Å²) in [6.45, 7) is 5.11. The zero-order chi connectivity index (χ0) is 14.6. The van der Waals surface area contributed by atoms with Crippen molar-refractivity contribution in [3.05, 3.63) is 22.3 Å². The highest BCUT2D eigenvalue weighted by molar-refractivity contribution is 5.58. The van der Waals surface area contributed by atoms with Crippen molar-refractivity contribution in [1.29, 1.82) is 0 Å². The summed E-state index contributed by atoms with van der Waals surface area (Å²) in [7, 11) is 0. The van der Waals surface area contributed by atoms with Crippen LogP contribution in [0.4, 0.5) is 0 Å². The molecule has 0 amide bonds. The maximum Gasteiger partial charge on any atom is 0.127 e. The molecular weight excluding hydrogens is 200 g/mol. The van der Waals surface area contributed by atoms with Crippen molar-refractivity contribution in [1.82, 2.24) is 0 Å². The highest BCUT2D eigenvalue weighted by Gasteiger charge is 2.30. The molecule has 1 aromatic carbocycles. The Bertz CT molecular complexity index is 531. The summed E-state index contributed by atoms with van der Waals surface area (Å²) < 4.78 is 28.7. The lowest BCUT2D eigenvalue weighted by molar-refractivity contribution is 0.0831. The van der Waals surface area contributed by atoms with E-state index in [2.05, 4.69) is 0 Å². The number of hydrogen-bond donors (Lipinski definition) is 1. The van der Waals surface area contributed by atoms with Crippen LogP contribution in [0.2, 0.25) is 0 Å². The fourth-order valence-electron chi connectivity index (χ4n) is 2.21. The average Bonchev–Trinajstić information content (AvgIpc) is 2.23. The van der Waals surface area contributed by atoms with Gasteiger partial charge in [-0.25, -0.2) is 0 Å². The van der Waals surface area contributed by atoms with E-state index in [1.54, 1.807) is 13.8 Å². The standard InChI is InChI=1S/C14H20O2/c1-8-9(2)13-11(10(3)12(8)15)6-7-14(4,5)16-13/h15H,6-7H2,1-5H3/i1D3. The molecule has 0 spiro atoms. The predicted molar refractivity (Wildman–Crippen MR) is 65.3 cm³/mol.